The van der Waals surface area contributed by atoms with Gasteiger partial charge in [0, 0.05) is 17.3 Å². The highest BCUT2D eigenvalue weighted by atomic mass is 16.5. The summed E-state index contributed by atoms with van der Waals surface area (Å²) in [6.07, 6.45) is 1.49. The Labute approximate surface area is 163 Å². The largest absolute Gasteiger partial charge is 0.465 e. The molecule has 3 aromatic rings. The third kappa shape index (κ3) is 3.81. The van der Waals surface area contributed by atoms with Gasteiger partial charge < -0.3 is 14.8 Å². The summed E-state index contributed by atoms with van der Waals surface area (Å²) in [6, 6.07) is 11.0. The lowest BCUT2D eigenvalue weighted by molar-refractivity contribution is 0.0526. The van der Waals surface area contributed by atoms with Gasteiger partial charge in [0.15, 0.2) is 0 Å². The molecule has 1 N–H and O–H groups in total. The van der Waals surface area contributed by atoms with Crippen LogP contribution in [0.3, 0.4) is 0 Å². The number of rotatable bonds is 5. The summed E-state index contributed by atoms with van der Waals surface area (Å²) < 4.78 is 10.0. The molecule has 1 heterocycles. The third-order valence-electron chi connectivity index (χ3n) is 4.56. The lowest BCUT2D eigenvalue weighted by Gasteiger charge is -2.15. The highest BCUT2D eigenvalue weighted by Crippen LogP contribution is 2.31. The number of methoxy groups -OCH3 is 1. The number of anilines is 2. The Morgan fingerprint density at radius 1 is 1.04 bits per heavy atom. The molecule has 0 fully saturated rings. The number of carbonyl (C=O) groups is 2. The Balaban J connectivity index is 2.20. The maximum absolute atomic E-state index is 12.5. The zero-order valence-corrected chi connectivity index (χ0v) is 16.3. The summed E-state index contributed by atoms with van der Waals surface area (Å²) in [4.78, 5) is 28.8. The van der Waals surface area contributed by atoms with Crippen LogP contribution < -0.4 is 5.32 Å². The fourth-order valence-corrected chi connectivity index (χ4v) is 2.90. The molecule has 6 nitrogen and oxygen atoms in total. The predicted octanol–water partition coefficient (Wildman–Crippen LogP) is 4.56. The van der Waals surface area contributed by atoms with Crippen LogP contribution in [0, 0.1) is 13.8 Å². The fourth-order valence-electron chi connectivity index (χ4n) is 2.90. The summed E-state index contributed by atoms with van der Waals surface area (Å²) in [7, 11) is 1.33. The van der Waals surface area contributed by atoms with Crippen molar-refractivity contribution in [3.8, 4) is 0 Å². The van der Waals surface area contributed by atoms with Crippen LogP contribution in [-0.2, 0) is 9.47 Å². The van der Waals surface area contributed by atoms with Crippen LogP contribution in [-0.4, -0.2) is 30.6 Å². The lowest BCUT2D eigenvalue weighted by atomic mass is 10.0. The lowest BCUT2D eigenvalue weighted by Crippen LogP contribution is -2.10. The molecule has 6 heteroatoms. The number of pyridine rings is 1. The van der Waals surface area contributed by atoms with Crippen molar-refractivity contribution in [3.63, 3.8) is 0 Å². The molecule has 0 aliphatic heterocycles. The van der Waals surface area contributed by atoms with Gasteiger partial charge in [-0.15, -0.1) is 0 Å². The zero-order chi connectivity index (χ0) is 20.3. The standard InChI is InChI=1S/C22H22N2O4/c1-5-28-22(26)18-12-23-19-9-7-15(21(25)27-4)11-17(19)20(18)24-16-8-6-13(2)14(3)10-16/h6-12H,5H2,1-4H3,(H,23,24). The molecule has 0 saturated carbocycles. The normalized spacial score (nSPS) is 10.6. The van der Waals surface area contributed by atoms with E-state index in [1.165, 1.54) is 18.9 Å². The van der Waals surface area contributed by atoms with E-state index in [1.807, 2.05) is 32.0 Å². The zero-order valence-electron chi connectivity index (χ0n) is 16.3. The molecular formula is C22H22N2O4. The van der Waals surface area contributed by atoms with E-state index in [1.54, 1.807) is 25.1 Å². The number of aryl methyl sites for hydroxylation is 2. The van der Waals surface area contributed by atoms with Crippen LogP contribution in [0.4, 0.5) is 11.4 Å². The highest BCUT2D eigenvalue weighted by molar-refractivity contribution is 6.07. The van der Waals surface area contributed by atoms with E-state index < -0.39 is 11.9 Å². The van der Waals surface area contributed by atoms with Gasteiger partial charge in [0.25, 0.3) is 0 Å². The second kappa shape index (κ2) is 8.08. The first-order valence-electron chi connectivity index (χ1n) is 8.97. The molecule has 0 radical (unpaired) electrons. The molecule has 0 aliphatic rings. The second-order valence-corrected chi connectivity index (χ2v) is 6.41. The van der Waals surface area contributed by atoms with Crippen molar-refractivity contribution in [1.29, 1.82) is 0 Å². The van der Waals surface area contributed by atoms with E-state index in [2.05, 4.69) is 10.3 Å². The topological polar surface area (TPSA) is 77.5 Å². The number of carbonyl (C=O) groups excluding carboxylic acids is 2. The van der Waals surface area contributed by atoms with Crippen molar-refractivity contribution >= 4 is 34.2 Å². The number of esters is 2. The molecular weight excluding hydrogens is 356 g/mol. The first kappa shape index (κ1) is 19.4. The summed E-state index contributed by atoms with van der Waals surface area (Å²) in [5.41, 5.74) is 4.98. The number of fused-ring (bicyclic) bond motifs is 1. The van der Waals surface area contributed by atoms with Gasteiger partial charge in [-0.2, -0.15) is 0 Å². The molecule has 28 heavy (non-hydrogen) atoms. The van der Waals surface area contributed by atoms with Gasteiger partial charge in [-0.05, 0) is 62.2 Å². The van der Waals surface area contributed by atoms with Crippen LogP contribution in [0.5, 0.6) is 0 Å². The smallest absolute Gasteiger partial charge is 0.341 e. The van der Waals surface area contributed by atoms with Gasteiger partial charge in [0.05, 0.1) is 30.5 Å². The van der Waals surface area contributed by atoms with Gasteiger partial charge in [0.1, 0.15) is 5.56 Å². The van der Waals surface area contributed by atoms with Crippen LogP contribution in [0.2, 0.25) is 0 Å². The number of ether oxygens (including phenoxy) is 2. The molecule has 144 valence electrons. The molecule has 0 aliphatic carbocycles. The number of nitrogens with one attached hydrogen (secondary N) is 1. The van der Waals surface area contributed by atoms with E-state index in [9.17, 15) is 9.59 Å². The Morgan fingerprint density at radius 2 is 1.82 bits per heavy atom. The Kier molecular flexibility index (Phi) is 5.59. The van der Waals surface area contributed by atoms with Crippen molar-refractivity contribution in [1.82, 2.24) is 4.98 Å². The van der Waals surface area contributed by atoms with E-state index in [0.717, 1.165) is 11.3 Å². The third-order valence-corrected chi connectivity index (χ3v) is 4.56. The van der Waals surface area contributed by atoms with Crippen LogP contribution in [0.15, 0.2) is 42.6 Å². The molecule has 0 spiro atoms. The van der Waals surface area contributed by atoms with Crippen molar-refractivity contribution in [2.75, 3.05) is 19.0 Å². The van der Waals surface area contributed by atoms with Gasteiger partial charge in [-0.25, -0.2) is 9.59 Å². The number of nitrogens with zero attached hydrogens (tertiary/aromatic N) is 1. The Hall–Kier alpha value is -3.41. The van der Waals surface area contributed by atoms with E-state index in [-0.39, 0.29) is 6.61 Å². The average molecular weight is 378 g/mol. The monoisotopic (exact) mass is 378 g/mol. The summed E-state index contributed by atoms with van der Waals surface area (Å²) in [5, 5.41) is 3.95. The van der Waals surface area contributed by atoms with E-state index in [0.29, 0.717) is 27.7 Å². The van der Waals surface area contributed by atoms with Crippen LogP contribution in [0.1, 0.15) is 38.8 Å². The van der Waals surface area contributed by atoms with Gasteiger partial charge >= 0.3 is 11.9 Å². The molecule has 0 bridgehead atoms. The van der Waals surface area contributed by atoms with Crippen LogP contribution in [0.25, 0.3) is 10.9 Å². The minimum absolute atomic E-state index is 0.252. The highest BCUT2D eigenvalue weighted by Gasteiger charge is 2.18. The first-order valence-corrected chi connectivity index (χ1v) is 8.97. The molecule has 3 rings (SSSR count). The number of aromatic nitrogens is 1. The fraction of sp³-hybridized carbons (Fsp3) is 0.227. The van der Waals surface area contributed by atoms with Crippen molar-refractivity contribution in [2.45, 2.75) is 20.8 Å². The van der Waals surface area contributed by atoms with Gasteiger partial charge in [-0.1, -0.05) is 6.07 Å². The van der Waals surface area contributed by atoms with E-state index in [4.69, 9.17) is 9.47 Å². The van der Waals surface area contributed by atoms with Crippen LogP contribution >= 0.6 is 0 Å². The van der Waals surface area contributed by atoms with E-state index >= 15 is 0 Å². The Bertz CT molecular complexity index is 1060. The second-order valence-electron chi connectivity index (χ2n) is 6.41. The Morgan fingerprint density at radius 3 is 2.50 bits per heavy atom. The maximum atomic E-state index is 12.5. The minimum Gasteiger partial charge on any atom is -0.465 e. The molecule has 1 aromatic heterocycles. The van der Waals surface area contributed by atoms with Crippen molar-refractivity contribution in [3.05, 3.63) is 64.8 Å². The number of benzene rings is 2. The average Bonchev–Trinajstić information content (AvgIpc) is 2.70. The number of hydrogen-bond donors (Lipinski definition) is 1. The SMILES string of the molecule is CCOC(=O)c1cnc2ccc(C(=O)OC)cc2c1Nc1ccc(C)c(C)c1. The molecule has 0 unspecified atom stereocenters. The molecule has 0 amide bonds. The molecule has 2 aromatic carbocycles. The predicted molar refractivity (Wildman–Crippen MR) is 108 cm³/mol. The van der Waals surface area contributed by atoms with Crippen molar-refractivity contribution < 1.29 is 19.1 Å². The summed E-state index contributed by atoms with van der Waals surface area (Å²) in [5.74, 6) is -0.938. The summed E-state index contributed by atoms with van der Waals surface area (Å²) in [6.45, 7) is 6.06. The van der Waals surface area contributed by atoms with Crippen molar-refractivity contribution in [2.24, 2.45) is 0 Å². The summed E-state index contributed by atoms with van der Waals surface area (Å²) >= 11 is 0. The van der Waals surface area contributed by atoms with Gasteiger partial charge in [0.2, 0.25) is 0 Å². The molecule has 0 atom stereocenters. The van der Waals surface area contributed by atoms with Gasteiger partial charge in [-0.3, -0.25) is 4.98 Å². The maximum Gasteiger partial charge on any atom is 0.341 e. The first-order chi connectivity index (χ1) is 13.4. The minimum atomic E-state index is -0.480. The molecule has 0 saturated heterocycles. The number of hydrogen-bond acceptors (Lipinski definition) is 6. The quantitative estimate of drug-likeness (QED) is 0.656.